The Hall–Kier alpha value is -1.62. The van der Waals surface area contributed by atoms with Crippen molar-refractivity contribution in [1.82, 2.24) is 10.3 Å². The number of carbonyl (C=O) groups is 1. The molecule has 0 spiro atoms. The molecule has 0 aromatic carbocycles. The highest BCUT2D eigenvalue weighted by Crippen LogP contribution is 2.13. The fraction of sp³-hybridized carbons (Fsp3) is 0.571. The van der Waals surface area contributed by atoms with Gasteiger partial charge in [0.1, 0.15) is 0 Å². The minimum atomic E-state index is -0.102. The van der Waals surface area contributed by atoms with Crippen molar-refractivity contribution in [2.24, 2.45) is 0 Å². The zero-order valence-electron chi connectivity index (χ0n) is 11.9. The number of nitrogens with one attached hydrogen (secondary N) is 2. The molecule has 1 amide bonds. The van der Waals surface area contributed by atoms with Gasteiger partial charge in [0.15, 0.2) is 0 Å². The van der Waals surface area contributed by atoms with Crippen LogP contribution in [0.4, 0.5) is 5.69 Å². The van der Waals surface area contributed by atoms with Gasteiger partial charge in [0.05, 0.1) is 11.3 Å². The predicted octanol–water partition coefficient (Wildman–Crippen LogP) is 2.06. The van der Waals surface area contributed by atoms with Crippen LogP contribution >= 0.6 is 0 Å². The Morgan fingerprint density at radius 3 is 3.00 bits per heavy atom. The number of carbonyl (C=O) groups excluding carboxylic acids is 1. The van der Waals surface area contributed by atoms with E-state index in [0.717, 1.165) is 25.1 Å². The topological polar surface area (TPSA) is 63.2 Å². The average Bonchev–Trinajstić information content (AvgIpc) is 2.43. The van der Waals surface area contributed by atoms with Gasteiger partial charge in [-0.05, 0) is 25.8 Å². The summed E-state index contributed by atoms with van der Waals surface area (Å²) in [6.45, 7) is 5.52. The molecule has 19 heavy (non-hydrogen) atoms. The van der Waals surface area contributed by atoms with Crippen LogP contribution in [-0.4, -0.2) is 37.2 Å². The third-order valence-corrected chi connectivity index (χ3v) is 2.76. The molecule has 5 heteroatoms. The lowest BCUT2D eigenvalue weighted by Crippen LogP contribution is -2.33. The summed E-state index contributed by atoms with van der Waals surface area (Å²) in [4.78, 5) is 16.2. The number of aromatic nitrogens is 1. The summed E-state index contributed by atoms with van der Waals surface area (Å²) in [7, 11) is 1.66. The van der Waals surface area contributed by atoms with Gasteiger partial charge < -0.3 is 15.4 Å². The van der Waals surface area contributed by atoms with Gasteiger partial charge in [0, 0.05) is 38.7 Å². The van der Waals surface area contributed by atoms with Crippen molar-refractivity contribution in [3.8, 4) is 0 Å². The van der Waals surface area contributed by atoms with E-state index in [0.29, 0.717) is 12.2 Å². The zero-order valence-corrected chi connectivity index (χ0v) is 11.9. The van der Waals surface area contributed by atoms with E-state index in [4.69, 9.17) is 4.74 Å². The Morgan fingerprint density at radius 1 is 1.53 bits per heavy atom. The molecule has 1 unspecified atom stereocenters. The average molecular weight is 265 g/mol. The van der Waals surface area contributed by atoms with Crippen LogP contribution in [-0.2, 0) is 4.74 Å². The van der Waals surface area contributed by atoms with Crippen LogP contribution in [0.25, 0.3) is 0 Å². The summed E-state index contributed by atoms with van der Waals surface area (Å²) in [6.07, 6.45) is 5.08. The van der Waals surface area contributed by atoms with E-state index in [2.05, 4.69) is 22.5 Å². The minimum Gasteiger partial charge on any atom is -0.385 e. The monoisotopic (exact) mass is 265 g/mol. The molecule has 1 atom stereocenters. The quantitative estimate of drug-likeness (QED) is 0.755. The molecular formula is C14H23N3O2. The van der Waals surface area contributed by atoms with Gasteiger partial charge in [-0.2, -0.15) is 0 Å². The second-order valence-corrected chi connectivity index (χ2v) is 4.50. The molecule has 0 saturated heterocycles. The fourth-order valence-electron chi connectivity index (χ4n) is 1.66. The number of ether oxygens (including phenoxy) is 1. The molecule has 1 heterocycles. The molecule has 0 radical (unpaired) electrons. The fourth-order valence-corrected chi connectivity index (χ4v) is 1.66. The van der Waals surface area contributed by atoms with Crippen LogP contribution in [0.2, 0.25) is 0 Å². The van der Waals surface area contributed by atoms with Gasteiger partial charge in [0.2, 0.25) is 0 Å². The van der Waals surface area contributed by atoms with Crippen molar-refractivity contribution >= 4 is 11.6 Å². The van der Waals surface area contributed by atoms with E-state index in [9.17, 15) is 4.79 Å². The van der Waals surface area contributed by atoms with Crippen molar-refractivity contribution in [2.75, 3.05) is 25.6 Å². The molecule has 0 saturated carbocycles. The summed E-state index contributed by atoms with van der Waals surface area (Å²) >= 11 is 0. The molecule has 5 nitrogen and oxygen atoms in total. The SMILES string of the molecule is CCCNc1ccncc1C(=O)NC(C)CCOC. The smallest absolute Gasteiger partial charge is 0.255 e. The summed E-state index contributed by atoms with van der Waals surface area (Å²) in [5, 5.41) is 6.18. The van der Waals surface area contributed by atoms with Crippen molar-refractivity contribution in [1.29, 1.82) is 0 Å². The van der Waals surface area contributed by atoms with Gasteiger partial charge in [-0.1, -0.05) is 6.92 Å². The molecule has 106 valence electrons. The summed E-state index contributed by atoms with van der Waals surface area (Å²) < 4.78 is 5.00. The zero-order chi connectivity index (χ0) is 14.1. The Kier molecular flexibility index (Phi) is 6.89. The van der Waals surface area contributed by atoms with Crippen LogP contribution in [0.1, 0.15) is 37.0 Å². The van der Waals surface area contributed by atoms with Gasteiger partial charge in [-0.15, -0.1) is 0 Å². The number of pyridine rings is 1. The lowest BCUT2D eigenvalue weighted by molar-refractivity contribution is 0.0930. The van der Waals surface area contributed by atoms with Crippen molar-refractivity contribution in [3.05, 3.63) is 24.0 Å². The molecule has 0 aliphatic carbocycles. The summed E-state index contributed by atoms with van der Waals surface area (Å²) in [6, 6.07) is 1.90. The Labute approximate surface area is 114 Å². The van der Waals surface area contributed by atoms with Crippen molar-refractivity contribution < 1.29 is 9.53 Å². The third kappa shape index (κ3) is 5.26. The summed E-state index contributed by atoms with van der Waals surface area (Å²) in [5.74, 6) is -0.102. The normalized spacial score (nSPS) is 11.9. The minimum absolute atomic E-state index is 0.0756. The largest absolute Gasteiger partial charge is 0.385 e. The van der Waals surface area contributed by atoms with E-state index in [1.165, 1.54) is 0 Å². The standard InChI is InChI=1S/C14H23N3O2/c1-4-7-16-13-5-8-15-10-12(13)14(18)17-11(2)6-9-19-3/h5,8,10-11H,4,6-7,9H2,1-3H3,(H,15,16)(H,17,18). The van der Waals surface area contributed by atoms with Gasteiger partial charge in [0.25, 0.3) is 5.91 Å². The molecule has 1 aromatic rings. The number of anilines is 1. The highest BCUT2D eigenvalue weighted by molar-refractivity contribution is 5.99. The van der Waals surface area contributed by atoms with Crippen LogP contribution in [0.15, 0.2) is 18.5 Å². The highest BCUT2D eigenvalue weighted by atomic mass is 16.5. The molecule has 0 fully saturated rings. The van der Waals surface area contributed by atoms with Crippen LogP contribution < -0.4 is 10.6 Å². The maximum Gasteiger partial charge on any atom is 0.255 e. The van der Waals surface area contributed by atoms with E-state index >= 15 is 0 Å². The molecule has 1 rings (SSSR count). The molecular weight excluding hydrogens is 242 g/mol. The molecule has 0 aliphatic rings. The highest BCUT2D eigenvalue weighted by Gasteiger charge is 2.13. The molecule has 2 N–H and O–H groups in total. The Morgan fingerprint density at radius 2 is 2.32 bits per heavy atom. The molecule has 1 aromatic heterocycles. The second kappa shape index (κ2) is 8.48. The van der Waals surface area contributed by atoms with Crippen LogP contribution in [0.5, 0.6) is 0 Å². The van der Waals surface area contributed by atoms with Gasteiger partial charge in [-0.3, -0.25) is 9.78 Å². The lowest BCUT2D eigenvalue weighted by Gasteiger charge is -2.15. The van der Waals surface area contributed by atoms with Gasteiger partial charge >= 0.3 is 0 Å². The third-order valence-electron chi connectivity index (χ3n) is 2.76. The van der Waals surface area contributed by atoms with E-state index in [1.807, 2.05) is 13.0 Å². The van der Waals surface area contributed by atoms with Crippen LogP contribution in [0.3, 0.4) is 0 Å². The molecule has 0 bridgehead atoms. The van der Waals surface area contributed by atoms with Crippen LogP contribution in [0, 0.1) is 0 Å². The predicted molar refractivity (Wildman–Crippen MR) is 76.4 cm³/mol. The van der Waals surface area contributed by atoms with Gasteiger partial charge in [-0.25, -0.2) is 0 Å². The number of hydrogen-bond acceptors (Lipinski definition) is 4. The number of nitrogens with zero attached hydrogens (tertiary/aromatic N) is 1. The van der Waals surface area contributed by atoms with Crippen molar-refractivity contribution in [2.45, 2.75) is 32.7 Å². The first-order valence-corrected chi connectivity index (χ1v) is 6.66. The maximum atomic E-state index is 12.2. The second-order valence-electron chi connectivity index (χ2n) is 4.50. The lowest BCUT2D eigenvalue weighted by atomic mass is 10.2. The molecule has 0 aliphatic heterocycles. The number of hydrogen-bond donors (Lipinski definition) is 2. The first-order chi connectivity index (χ1) is 9.19. The number of methoxy groups -OCH3 is 1. The first-order valence-electron chi connectivity index (χ1n) is 6.66. The first kappa shape index (κ1) is 15.4. The van der Waals surface area contributed by atoms with E-state index in [-0.39, 0.29) is 11.9 Å². The summed E-state index contributed by atoms with van der Waals surface area (Å²) in [5.41, 5.74) is 1.41. The van der Waals surface area contributed by atoms with E-state index in [1.54, 1.807) is 19.5 Å². The Bertz CT molecular complexity index is 396. The van der Waals surface area contributed by atoms with E-state index < -0.39 is 0 Å². The number of rotatable bonds is 8. The Balaban J connectivity index is 2.65. The van der Waals surface area contributed by atoms with Crippen molar-refractivity contribution in [3.63, 3.8) is 0 Å². The number of amides is 1. The maximum absolute atomic E-state index is 12.2.